The Hall–Kier alpha value is -14.7. The zero-order valence-electron chi connectivity index (χ0n) is 76.6. The fraction of sp³-hybridized carbons (Fsp3) is 0.381. The number of benzene rings is 6. The van der Waals surface area contributed by atoms with E-state index in [-0.39, 0.29) is 67.6 Å². The lowest BCUT2D eigenvalue weighted by Crippen LogP contribution is -2.58. The molecule has 12 heterocycles. The number of pyridine rings is 4. The number of piperazine rings is 3. The van der Waals surface area contributed by atoms with Gasteiger partial charge in [0.05, 0.1) is 116 Å². The first-order chi connectivity index (χ1) is 64.6. The normalized spacial score (nSPS) is 18.0. The molecule has 3 atom stereocenters. The molecule has 678 valence electrons. The lowest BCUT2D eigenvalue weighted by atomic mass is 9.94. The number of amides is 3. The van der Waals surface area contributed by atoms with Gasteiger partial charge in [0.1, 0.15) is 53.0 Å². The van der Waals surface area contributed by atoms with Crippen LogP contribution in [0.5, 0.6) is 11.8 Å². The van der Waals surface area contributed by atoms with Gasteiger partial charge in [-0.1, -0.05) is 117 Å². The van der Waals surface area contributed by atoms with Crippen LogP contribution in [-0.4, -0.2) is 231 Å². The average Bonchev–Trinajstić information content (AvgIpc) is 0.746. The number of nitrogens with zero attached hydrogens (tertiary/aromatic N) is 22. The minimum atomic E-state index is -1.17. The van der Waals surface area contributed by atoms with Crippen molar-refractivity contribution in [3.63, 3.8) is 0 Å². The Morgan fingerprint density at radius 1 is 0.466 bits per heavy atom. The molecular weight excluding hydrogens is 1670 g/mol. The van der Waals surface area contributed by atoms with E-state index in [0.29, 0.717) is 153 Å². The van der Waals surface area contributed by atoms with E-state index < -0.39 is 5.67 Å². The van der Waals surface area contributed by atoms with Crippen molar-refractivity contribution in [2.75, 3.05) is 173 Å². The number of rotatable bonds is 22. The summed E-state index contributed by atoms with van der Waals surface area (Å²) in [6.45, 7) is 30.8. The summed E-state index contributed by atoms with van der Waals surface area (Å²) in [7, 11) is 4.17. The van der Waals surface area contributed by atoms with Crippen LogP contribution < -0.4 is 43.8 Å². The third-order valence-electron chi connectivity index (χ3n) is 27.2. The number of hydrogen-bond donors (Lipinski definition) is 0. The number of alkyl halides is 1. The number of carbonyl (C=O) groups is 3. The number of fused-ring (bicyclic) bond motifs is 6. The number of ether oxygens (including phenoxy) is 2. The molecule has 3 amide bonds. The molecule has 8 aliphatic heterocycles. The molecule has 0 aliphatic carbocycles. The Balaban J connectivity index is 0.000000145. The van der Waals surface area contributed by atoms with Gasteiger partial charge in [-0.25, -0.2) is 19.3 Å². The molecule has 133 heavy (non-hydrogen) atoms. The predicted octanol–water partition coefficient (Wildman–Crippen LogP) is 13.5. The van der Waals surface area contributed by atoms with Crippen molar-refractivity contribution in [3.05, 3.63) is 244 Å². The van der Waals surface area contributed by atoms with Crippen LogP contribution in [0.2, 0.25) is 0 Å². The summed E-state index contributed by atoms with van der Waals surface area (Å²) in [5.41, 5.74) is 16.6. The second-order valence-corrected chi connectivity index (χ2v) is 35.9. The second-order valence-electron chi connectivity index (χ2n) is 35.9. The zero-order valence-corrected chi connectivity index (χ0v) is 76.6. The lowest BCUT2D eigenvalue weighted by molar-refractivity contribution is -0.129. The van der Waals surface area contributed by atoms with E-state index in [0.717, 1.165) is 113 Å². The number of hydrogen-bond acceptors (Lipinski definition) is 24. The van der Waals surface area contributed by atoms with Gasteiger partial charge in [-0.15, -0.1) is 0 Å². The molecule has 0 radical (unpaired) electrons. The third-order valence-corrected chi connectivity index (χ3v) is 27.2. The average molecular weight is 1780 g/mol. The fourth-order valence-corrected chi connectivity index (χ4v) is 20.6. The summed E-state index contributed by atoms with van der Waals surface area (Å²) in [6, 6.07) is 57.7. The van der Waals surface area contributed by atoms with Gasteiger partial charge < -0.3 is 63.4 Å². The van der Waals surface area contributed by atoms with Crippen molar-refractivity contribution in [1.29, 1.82) is 31.6 Å². The monoisotopic (exact) mass is 1780 g/mol. The largest absolute Gasteiger partial charge is 0.476 e. The minimum absolute atomic E-state index is 0.158. The summed E-state index contributed by atoms with van der Waals surface area (Å²) < 4.78 is 26.5. The quantitative estimate of drug-likeness (QED) is 0.0569. The number of aryl methyl sites for hydroxylation is 3. The summed E-state index contributed by atoms with van der Waals surface area (Å²) >= 11 is 0. The zero-order chi connectivity index (χ0) is 93.3. The number of halogens is 1. The number of anilines is 7. The standard InChI is InChI=1S/C36H35N7O2.C35H38FN7O2.C34H38N8O/c1-3-33(44)43-20-19-42(23-28(43)13-16-37)35-29-14-18-41(32-12-7-10-26-9-6-8-25(2)34(26)32)24-31(29)40-36(30(35)22-38)45-21-15-27-11-4-5-17-39-27;1-4-31(44)43-16-15-42(20-26(43)11-13-37)33-27-12-14-41(30-10-6-9-25-8-5-7-24(2)32(25)30)21-29(27)39-34(28(33)19-38)45-18-17-40-22-35(3,36)23-40;1-5-31(43)42-17-16-40(19-25(42)12-14-35)33-27-13-15-39(30-11-7-10-24-9-6-8-23(2)32(24)30)22-29(27)37-34(28(33)18-36)41-20-26(21-41)38(3)4/h3-12,17,28H,1,13-15,18-21,23-24H2,2H3;4-10,26H,1,11-12,14-18,20-23H2,2-3H3;5-11,25-26H,1,12-13,15-17,19-22H2,2-4H3/t28-;26-;25-/m000/s1. The van der Waals surface area contributed by atoms with Gasteiger partial charge in [-0.05, 0) is 142 Å². The van der Waals surface area contributed by atoms with Crippen molar-refractivity contribution in [3.8, 4) is 48.2 Å². The van der Waals surface area contributed by atoms with E-state index >= 15 is 0 Å². The van der Waals surface area contributed by atoms with Crippen LogP contribution in [0.15, 0.2) is 172 Å². The third kappa shape index (κ3) is 19.0. The Kier molecular flexibility index (Phi) is 27.8. The fourth-order valence-electron chi connectivity index (χ4n) is 20.6. The highest BCUT2D eigenvalue weighted by Crippen LogP contribution is 2.46. The molecule has 8 aliphatic rings. The van der Waals surface area contributed by atoms with Crippen molar-refractivity contribution < 1.29 is 28.2 Å². The molecule has 28 heteroatoms. The van der Waals surface area contributed by atoms with Gasteiger partial charge in [0.15, 0.2) is 0 Å². The predicted molar refractivity (Wildman–Crippen MR) is 516 cm³/mol. The van der Waals surface area contributed by atoms with E-state index in [9.17, 15) is 50.3 Å². The number of likely N-dealkylation sites (tertiary alicyclic amines) is 1. The smallest absolute Gasteiger partial charge is 0.246 e. The summed E-state index contributed by atoms with van der Waals surface area (Å²) in [5, 5.41) is 67.7. The van der Waals surface area contributed by atoms with Crippen LogP contribution >= 0.6 is 0 Å². The van der Waals surface area contributed by atoms with Crippen LogP contribution in [0.1, 0.15) is 99.0 Å². The summed E-state index contributed by atoms with van der Waals surface area (Å²) in [4.78, 5) is 82.6. The second kappa shape index (κ2) is 40.4. The van der Waals surface area contributed by atoms with Crippen LogP contribution in [0.4, 0.5) is 44.3 Å². The van der Waals surface area contributed by atoms with E-state index in [1.807, 2.05) is 23.1 Å². The molecule has 5 saturated heterocycles. The van der Waals surface area contributed by atoms with Crippen molar-refractivity contribution >= 4 is 90.0 Å². The van der Waals surface area contributed by atoms with Crippen LogP contribution in [0.25, 0.3) is 32.3 Å². The van der Waals surface area contributed by atoms with Crippen molar-refractivity contribution in [1.82, 2.24) is 44.4 Å². The molecule has 0 unspecified atom stereocenters. The Bertz CT molecular complexity index is 6410. The maximum Gasteiger partial charge on any atom is 0.246 e. The topological polar surface area (TPSA) is 303 Å². The highest BCUT2D eigenvalue weighted by atomic mass is 19.1. The Morgan fingerprint density at radius 3 is 1.20 bits per heavy atom. The summed E-state index contributed by atoms with van der Waals surface area (Å²) in [5.74, 6) is 0.770. The molecule has 4 aromatic heterocycles. The van der Waals surface area contributed by atoms with E-state index in [4.69, 9.17) is 24.4 Å². The van der Waals surface area contributed by atoms with Gasteiger partial charge in [0.25, 0.3) is 0 Å². The Labute approximate surface area is 777 Å². The van der Waals surface area contributed by atoms with Crippen molar-refractivity contribution in [2.45, 2.75) is 122 Å². The van der Waals surface area contributed by atoms with E-state index in [1.54, 1.807) is 27.8 Å². The molecule has 5 fully saturated rings. The maximum atomic E-state index is 14.1. The molecule has 6 aromatic carbocycles. The Morgan fingerprint density at radius 2 is 0.842 bits per heavy atom. The molecule has 18 rings (SSSR count). The first-order valence-corrected chi connectivity index (χ1v) is 45.8. The number of carbonyl (C=O) groups excluding carboxylic acids is 3. The highest BCUT2D eigenvalue weighted by molar-refractivity contribution is 6.00. The lowest BCUT2D eigenvalue weighted by Gasteiger charge is -2.46. The first kappa shape index (κ1) is 91.6. The van der Waals surface area contributed by atoms with E-state index in [2.05, 4.69) is 244 Å². The van der Waals surface area contributed by atoms with Crippen LogP contribution in [0.3, 0.4) is 0 Å². The summed E-state index contributed by atoms with van der Waals surface area (Å²) in [6.07, 6.45) is 8.94. The molecule has 0 N–H and O–H groups in total. The van der Waals surface area contributed by atoms with Gasteiger partial charge in [0.2, 0.25) is 29.5 Å². The molecule has 27 nitrogen and oxygen atoms in total. The molecule has 10 aromatic rings. The SMILES string of the molecule is C=CC(=O)N1CCN(c2c(C#N)c(N3CC(N(C)C)C3)nc3c2CCN(c2cccc4cccc(C)c24)C3)C[C@@H]1CC#N.C=CC(=O)N1CCN(c2c(C#N)c(OCCN3CC(C)(F)C3)nc3c2CCN(c2cccc4cccc(C)c24)C3)C[C@@H]1CC#N.C=CC(=O)N1CCN(c2c(C#N)c(OCCc3ccccn3)nc3c2CCN(c2cccc4cccc(C)c24)C3)C[C@@H]1CC#N. The highest BCUT2D eigenvalue weighted by Gasteiger charge is 2.43. The van der Waals surface area contributed by atoms with Crippen LogP contribution in [0, 0.1) is 88.8 Å². The number of aromatic nitrogens is 4. The van der Waals surface area contributed by atoms with Crippen molar-refractivity contribution in [2.24, 2.45) is 0 Å². The molecular formula is C105H111FN22O5. The van der Waals surface area contributed by atoms with Gasteiger partial charge >= 0.3 is 0 Å². The van der Waals surface area contributed by atoms with Gasteiger partial charge in [0, 0.05) is 186 Å². The van der Waals surface area contributed by atoms with Gasteiger partial charge in [-0.3, -0.25) is 24.3 Å². The number of nitriles is 6. The van der Waals surface area contributed by atoms with Gasteiger partial charge in [-0.2, -0.15) is 31.6 Å². The minimum Gasteiger partial charge on any atom is -0.476 e. The molecule has 0 spiro atoms. The molecule has 0 saturated carbocycles. The maximum absolute atomic E-state index is 14.1. The van der Waals surface area contributed by atoms with Crippen LogP contribution in [-0.2, 0) is 59.7 Å². The van der Waals surface area contributed by atoms with E-state index in [1.165, 1.54) is 72.9 Å². The first-order valence-electron chi connectivity index (χ1n) is 45.8. The number of likely N-dealkylation sites (N-methyl/N-ethyl adjacent to an activating group) is 1. The molecule has 0 bridgehead atoms.